The van der Waals surface area contributed by atoms with Crippen molar-refractivity contribution >= 4 is 26.8 Å². The quantitative estimate of drug-likeness (QED) is 0.760. The molecule has 0 aliphatic heterocycles. The summed E-state index contributed by atoms with van der Waals surface area (Å²) in [7, 11) is 0. The molecule has 2 rings (SSSR count). The van der Waals surface area contributed by atoms with Crippen LogP contribution in [0.3, 0.4) is 0 Å². The van der Waals surface area contributed by atoms with Crippen LogP contribution in [0, 0.1) is 0 Å². The number of halogens is 1. The lowest BCUT2D eigenvalue weighted by Crippen LogP contribution is -2.22. The molecule has 3 heteroatoms. The summed E-state index contributed by atoms with van der Waals surface area (Å²) >= 11 is 3.56. The second kappa shape index (κ2) is 5.58. The van der Waals surface area contributed by atoms with E-state index < -0.39 is 0 Å². The third-order valence-corrected chi connectivity index (χ3v) is 3.29. The molecule has 0 radical (unpaired) electrons. The van der Waals surface area contributed by atoms with Crippen molar-refractivity contribution in [2.24, 2.45) is 0 Å². The number of hydrogen-bond donors (Lipinski definition) is 0. The minimum atomic E-state index is 0.228. The van der Waals surface area contributed by atoms with Crippen LogP contribution in [-0.4, -0.2) is 15.7 Å². The van der Waals surface area contributed by atoms with Gasteiger partial charge in [0.15, 0.2) is 0 Å². The summed E-state index contributed by atoms with van der Waals surface area (Å²) in [5.74, 6) is 0. The third kappa shape index (κ3) is 3.25. The summed E-state index contributed by atoms with van der Waals surface area (Å²) in [5.41, 5.74) is 1.13. The van der Waals surface area contributed by atoms with Crippen molar-refractivity contribution in [1.82, 2.24) is 4.73 Å². The first-order valence-corrected chi connectivity index (χ1v) is 6.95. The van der Waals surface area contributed by atoms with E-state index in [0.717, 1.165) is 18.4 Å². The average molecular weight is 296 g/mol. The van der Waals surface area contributed by atoms with E-state index in [-0.39, 0.29) is 6.10 Å². The van der Waals surface area contributed by atoms with E-state index in [1.165, 1.54) is 5.39 Å². The van der Waals surface area contributed by atoms with Gasteiger partial charge in [0.05, 0.1) is 5.52 Å². The number of alkyl halides is 1. The van der Waals surface area contributed by atoms with Gasteiger partial charge in [0.2, 0.25) is 0 Å². The van der Waals surface area contributed by atoms with Gasteiger partial charge in [-0.25, -0.2) is 0 Å². The Kier molecular flexibility index (Phi) is 4.11. The summed E-state index contributed by atoms with van der Waals surface area (Å²) in [6.07, 6.45) is 4.39. The molecule has 0 aliphatic rings. The highest BCUT2D eigenvalue weighted by Crippen LogP contribution is 2.15. The Bertz CT molecular complexity index is 478. The van der Waals surface area contributed by atoms with Crippen molar-refractivity contribution in [2.45, 2.75) is 37.6 Å². The summed E-state index contributed by atoms with van der Waals surface area (Å²) in [6, 6.07) is 10.3. The Morgan fingerprint density at radius 1 is 1.18 bits per heavy atom. The molecule has 0 spiro atoms. The van der Waals surface area contributed by atoms with E-state index in [1.54, 1.807) is 0 Å². The van der Waals surface area contributed by atoms with Crippen LogP contribution in [-0.2, 0) is 0 Å². The molecule has 0 N–H and O–H groups in total. The van der Waals surface area contributed by atoms with Crippen LogP contribution >= 0.6 is 15.9 Å². The fraction of sp³-hybridized carbons (Fsp3) is 0.429. The van der Waals surface area contributed by atoms with Crippen LogP contribution in [0.15, 0.2) is 36.5 Å². The largest absolute Gasteiger partial charge is 0.411 e. The van der Waals surface area contributed by atoms with Crippen LogP contribution < -0.4 is 4.84 Å². The van der Waals surface area contributed by atoms with E-state index in [2.05, 4.69) is 48.0 Å². The highest BCUT2D eigenvalue weighted by atomic mass is 79.9. The zero-order valence-corrected chi connectivity index (χ0v) is 11.9. The number of benzene rings is 1. The number of rotatable bonds is 5. The molecule has 1 aromatic heterocycles. The molecule has 2 atom stereocenters. The Morgan fingerprint density at radius 2 is 1.94 bits per heavy atom. The topological polar surface area (TPSA) is 14.2 Å². The van der Waals surface area contributed by atoms with Gasteiger partial charge >= 0.3 is 0 Å². The van der Waals surface area contributed by atoms with E-state index in [4.69, 9.17) is 4.84 Å². The standard InChI is InChI=1S/C14H18BrNO/c1-11(15)7-8-12(2)17-16-10-9-13-5-3-4-6-14(13)16/h3-6,9-12H,7-8H2,1-2H3. The van der Waals surface area contributed by atoms with Crippen molar-refractivity contribution in [2.75, 3.05) is 0 Å². The van der Waals surface area contributed by atoms with Gasteiger partial charge in [0.1, 0.15) is 6.10 Å². The second-order valence-electron chi connectivity index (χ2n) is 4.47. The molecule has 17 heavy (non-hydrogen) atoms. The summed E-state index contributed by atoms with van der Waals surface area (Å²) in [4.78, 5) is 6.46. The fourth-order valence-corrected chi connectivity index (χ4v) is 2.12. The maximum atomic E-state index is 5.91. The van der Waals surface area contributed by atoms with Crippen LogP contribution in [0.4, 0.5) is 0 Å². The molecule has 0 aliphatic carbocycles. The average Bonchev–Trinajstić information content (AvgIpc) is 2.70. The first-order chi connectivity index (χ1) is 8.16. The molecule has 1 aromatic carbocycles. The van der Waals surface area contributed by atoms with E-state index in [1.807, 2.05) is 23.1 Å². The Balaban J connectivity index is 2.03. The predicted octanol–water partition coefficient (Wildman–Crippen LogP) is 4.02. The molecule has 2 aromatic rings. The number of aromatic nitrogens is 1. The number of hydrogen-bond acceptors (Lipinski definition) is 1. The molecule has 0 fully saturated rings. The van der Waals surface area contributed by atoms with Crippen molar-refractivity contribution in [3.8, 4) is 0 Å². The van der Waals surface area contributed by atoms with Crippen LogP contribution in [0.25, 0.3) is 10.9 Å². The Hall–Kier alpha value is -0.960. The number of para-hydroxylation sites is 1. The molecule has 2 unspecified atom stereocenters. The monoisotopic (exact) mass is 295 g/mol. The molecule has 2 nitrogen and oxygen atoms in total. The van der Waals surface area contributed by atoms with Crippen molar-refractivity contribution in [1.29, 1.82) is 0 Å². The van der Waals surface area contributed by atoms with Gasteiger partial charge in [-0.1, -0.05) is 41.1 Å². The highest BCUT2D eigenvalue weighted by Gasteiger charge is 2.07. The zero-order chi connectivity index (χ0) is 12.3. The van der Waals surface area contributed by atoms with Gasteiger partial charge in [-0.2, -0.15) is 4.73 Å². The van der Waals surface area contributed by atoms with Gasteiger partial charge in [-0.15, -0.1) is 0 Å². The number of fused-ring (bicyclic) bond motifs is 1. The summed E-state index contributed by atoms with van der Waals surface area (Å²) < 4.78 is 1.87. The smallest absolute Gasteiger partial charge is 0.122 e. The molecule has 0 saturated heterocycles. The van der Waals surface area contributed by atoms with Gasteiger partial charge in [-0.3, -0.25) is 0 Å². The zero-order valence-electron chi connectivity index (χ0n) is 10.3. The van der Waals surface area contributed by atoms with E-state index >= 15 is 0 Å². The van der Waals surface area contributed by atoms with Crippen LogP contribution in [0.1, 0.15) is 26.7 Å². The molecule has 92 valence electrons. The lowest BCUT2D eigenvalue weighted by molar-refractivity contribution is 0.0504. The summed E-state index contributed by atoms with van der Waals surface area (Å²) in [6.45, 7) is 4.28. The lowest BCUT2D eigenvalue weighted by atomic mass is 10.2. The van der Waals surface area contributed by atoms with Crippen LogP contribution in [0.2, 0.25) is 0 Å². The maximum absolute atomic E-state index is 5.91. The first-order valence-electron chi connectivity index (χ1n) is 6.04. The summed E-state index contributed by atoms with van der Waals surface area (Å²) in [5, 5.41) is 1.22. The van der Waals surface area contributed by atoms with E-state index in [9.17, 15) is 0 Å². The predicted molar refractivity (Wildman–Crippen MR) is 75.6 cm³/mol. The molecule has 1 heterocycles. The van der Waals surface area contributed by atoms with Gasteiger partial charge in [0, 0.05) is 16.4 Å². The Morgan fingerprint density at radius 3 is 2.71 bits per heavy atom. The molecular weight excluding hydrogens is 278 g/mol. The lowest BCUT2D eigenvalue weighted by Gasteiger charge is -2.16. The minimum absolute atomic E-state index is 0.228. The minimum Gasteiger partial charge on any atom is -0.411 e. The SMILES string of the molecule is CC(Br)CCC(C)On1ccc2ccccc21. The second-order valence-corrected chi connectivity index (χ2v) is 6.04. The fourth-order valence-electron chi connectivity index (χ4n) is 1.86. The van der Waals surface area contributed by atoms with Crippen molar-refractivity contribution in [3.05, 3.63) is 36.5 Å². The molecule has 0 amide bonds. The van der Waals surface area contributed by atoms with Crippen LogP contribution in [0.5, 0.6) is 0 Å². The van der Waals surface area contributed by atoms with Gasteiger partial charge < -0.3 is 4.84 Å². The normalized spacial score (nSPS) is 14.8. The first kappa shape index (κ1) is 12.5. The molecular formula is C14H18BrNO. The molecule has 0 bridgehead atoms. The van der Waals surface area contributed by atoms with Gasteiger partial charge in [0.25, 0.3) is 0 Å². The van der Waals surface area contributed by atoms with Crippen molar-refractivity contribution in [3.63, 3.8) is 0 Å². The van der Waals surface area contributed by atoms with Crippen molar-refractivity contribution < 1.29 is 4.84 Å². The Labute approximate surface area is 111 Å². The number of nitrogens with zero attached hydrogens (tertiary/aromatic N) is 1. The van der Waals surface area contributed by atoms with E-state index in [0.29, 0.717) is 4.83 Å². The maximum Gasteiger partial charge on any atom is 0.122 e. The molecule has 0 saturated carbocycles. The highest BCUT2D eigenvalue weighted by molar-refractivity contribution is 9.09. The van der Waals surface area contributed by atoms with Gasteiger partial charge in [-0.05, 0) is 31.9 Å². The third-order valence-electron chi connectivity index (χ3n) is 2.83.